The molecule has 1 fully saturated rings. The van der Waals surface area contributed by atoms with Crippen molar-refractivity contribution in [2.45, 2.75) is 23.2 Å². The number of carbonyl (C=O) groups is 1. The molecule has 144 valence electrons. The lowest BCUT2D eigenvalue weighted by Crippen LogP contribution is -2.31. The van der Waals surface area contributed by atoms with E-state index in [0.717, 1.165) is 10.9 Å². The van der Waals surface area contributed by atoms with Crippen LogP contribution in [0.5, 0.6) is 5.88 Å². The van der Waals surface area contributed by atoms with Crippen LogP contribution in [-0.2, 0) is 0 Å². The molecule has 0 N–H and O–H groups in total. The molecular weight excluding hydrogens is 382 g/mol. The third kappa shape index (κ3) is 4.09. The summed E-state index contributed by atoms with van der Waals surface area (Å²) >= 11 is 0.395. The van der Waals surface area contributed by atoms with Gasteiger partial charge in [0.25, 0.3) is 11.7 Å². The van der Waals surface area contributed by atoms with Gasteiger partial charge in [0.1, 0.15) is 6.10 Å². The lowest BCUT2D eigenvalue weighted by atomic mass is 10.2. The number of hydrogen-bond donors (Lipinski definition) is 0. The molecule has 0 bridgehead atoms. The van der Waals surface area contributed by atoms with Gasteiger partial charge in [0.05, 0.1) is 17.6 Å². The van der Waals surface area contributed by atoms with Crippen LogP contribution in [0.1, 0.15) is 16.8 Å². The van der Waals surface area contributed by atoms with Crippen LogP contribution in [0.25, 0.3) is 10.9 Å². The van der Waals surface area contributed by atoms with E-state index in [2.05, 4.69) is 4.98 Å². The fourth-order valence-corrected chi connectivity index (χ4v) is 3.94. The molecule has 1 aliphatic heterocycles. The van der Waals surface area contributed by atoms with Crippen molar-refractivity contribution in [1.82, 2.24) is 9.88 Å². The predicted octanol–water partition coefficient (Wildman–Crippen LogP) is 4.84. The van der Waals surface area contributed by atoms with Crippen LogP contribution in [-0.4, -0.2) is 40.7 Å². The van der Waals surface area contributed by atoms with Gasteiger partial charge >= 0.3 is 0 Å². The lowest BCUT2D eigenvalue weighted by molar-refractivity contribution is 0.0768. The number of hydrogen-bond acceptors (Lipinski definition) is 4. The van der Waals surface area contributed by atoms with E-state index >= 15 is 0 Å². The van der Waals surface area contributed by atoms with Gasteiger partial charge in [-0.3, -0.25) is 4.79 Å². The molecule has 7 heteroatoms. The number of fused-ring (bicyclic) bond motifs is 1. The Kier molecular flexibility index (Phi) is 5.43. The number of amides is 1. The van der Waals surface area contributed by atoms with Crippen molar-refractivity contribution >= 4 is 28.6 Å². The molecule has 1 amide bonds. The molecule has 28 heavy (non-hydrogen) atoms. The van der Waals surface area contributed by atoms with Crippen molar-refractivity contribution in [2.24, 2.45) is 0 Å². The van der Waals surface area contributed by atoms with E-state index in [0.29, 0.717) is 47.6 Å². The van der Waals surface area contributed by atoms with Gasteiger partial charge in [0.15, 0.2) is 0 Å². The van der Waals surface area contributed by atoms with Gasteiger partial charge in [-0.25, -0.2) is 4.98 Å². The Balaban J connectivity index is 1.44. The fraction of sp³-hybridized carbons (Fsp3) is 0.238. The number of pyridine rings is 1. The summed E-state index contributed by atoms with van der Waals surface area (Å²) in [6.07, 6.45) is 0.497. The van der Waals surface area contributed by atoms with Crippen molar-refractivity contribution < 1.29 is 18.3 Å². The van der Waals surface area contributed by atoms with Gasteiger partial charge in [-0.05, 0) is 24.3 Å². The van der Waals surface area contributed by atoms with Crippen molar-refractivity contribution in [3.8, 4) is 5.88 Å². The molecular formula is C21H18F2N2O2S. The van der Waals surface area contributed by atoms with E-state index in [1.165, 1.54) is 0 Å². The summed E-state index contributed by atoms with van der Waals surface area (Å²) in [5, 5.41) is 1.03. The first-order valence-electron chi connectivity index (χ1n) is 8.96. The van der Waals surface area contributed by atoms with E-state index in [4.69, 9.17) is 4.74 Å². The molecule has 2 heterocycles. The smallest absolute Gasteiger partial charge is 0.288 e. The molecule has 3 aromatic rings. The van der Waals surface area contributed by atoms with Gasteiger partial charge in [0.2, 0.25) is 5.88 Å². The molecule has 1 saturated heterocycles. The van der Waals surface area contributed by atoms with Crippen LogP contribution < -0.4 is 4.74 Å². The van der Waals surface area contributed by atoms with Gasteiger partial charge in [-0.2, -0.15) is 8.78 Å². The molecule has 1 aliphatic rings. The van der Waals surface area contributed by atoms with E-state index in [1.54, 1.807) is 29.2 Å². The predicted molar refractivity (Wildman–Crippen MR) is 105 cm³/mol. The van der Waals surface area contributed by atoms with Crippen LogP contribution in [0, 0.1) is 0 Å². The van der Waals surface area contributed by atoms with E-state index in [9.17, 15) is 13.6 Å². The quantitative estimate of drug-likeness (QED) is 0.575. The molecule has 0 aliphatic carbocycles. The SMILES string of the molecule is O=C(c1ccccc1SC(F)F)N1CCC(Oc2ccc3ccccc3n2)C1. The first kappa shape index (κ1) is 18.7. The number of ether oxygens (including phenoxy) is 1. The number of thioether (sulfide) groups is 1. The minimum absolute atomic E-state index is 0.174. The Morgan fingerprint density at radius 1 is 1.11 bits per heavy atom. The van der Waals surface area contributed by atoms with Crippen molar-refractivity contribution in [1.29, 1.82) is 0 Å². The summed E-state index contributed by atoms with van der Waals surface area (Å²) in [5.74, 6) is -2.30. The van der Waals surface area contributed by atoms with Gasteiger partial charge < -0.3 is 9.64 Å². The average molecular weight is 400 g/mol. The monoisotopic (exact) mass is 400 g/mol. The molecule has 4 nitrogen and oxygen atoms in total. The molecule has 0 radical (unpaired) electrons. The average Bonchev–Trinajstić information content (AvgIpc) is 3.16. The van der Waals surface area contributed by atoms with Gasteiger partial charge in [0, 0.05) is 29.3 Å². The Labute approximate surface area is 165 Å². The highest BCUT2D eigenvalue weighted by Crippen LogP contribution is 2.30. The Bertz CT molecular complexity index is 999. The zero-order valence-corrected chi connectivity index (χ0v) is 15.7. The number of halogens is 2. The largest absolute Gasteiger partial charge is 0.472 e. The topological polar surface area (TPSA) is 42.4 Å². The number of likely N-dealkylation sites (tertiary alicyclic amines) is 1. The number of benzene rings is 2. The van der Waals surface area contributed by atoms with E-state index in [-0.39, 0.29) is 12.0 Å². The normalized spacial score (nSPS) is 16.7. The van der Waals surface area contributed by atoms with Crippen LogP contribution in [0.15, 0.2) is 65.6 Å². The number of rotatable bonds is 5. The van der Waals surface area contributed by atoms with Crippen LogP contribution in [0.3, 0.4) is 0 Å². The van der Waals surface area contributed by atoms with Crippen LogP contribution in [0.4, 0.5) is 8.78 Å². The highest BCUT2D eigenvalue weighted by atomic mass is 32.2. The summed E-state index contributed by atoms with van der Waals surface area (Å²) in [7, 11) is 0. The third-order valence-corrected chi connectivity index (χ3v) is 5.41. The minimum atomic E-state index is -2.57. The first-order valence-corrected chi connectivity index (χ1v) is 9.84. The van der Waals surface area contributed by atoms with Crippen molar-refractivity contribution in [2.75, 3.05) is 13.1 Å². The summed E-state index contributed by atoms with van der Waals surface area (Å²) in [6, 6.07) is 18.0. The molecule has 2 aromatic carbocycles. The first-order chi connectivity index (χ1) is 13.6. The van der Waals surface area contributed by atoms with E-state index in [1.807, 2.05) is 36.4 Å². The second-order valence-corrected chi connectivity index (χ2v) is 7.53. The molecule has 1 unspecified atom stereocenters. The molecule has 0 spiro atoms. The Morgan fingerprint density at radius 3 is 2.75 bits per heavy atom. The zero-order valence-electron chi connectivity index (χ0n) is 14.9. The highest BCUT2D eigenvalue weighted by molar-refractivity contribution is 7.99. The Hall–Kier alpha value is -2.67. The summed E-state index contributed by atoms with van der Waals surface area (Å²) in [6.45, 7) is 0.922. The number of carbonyl (C=O) groups excluding carboxylic acids is 1. The maximum atomic E-state index is 12.8. The Morgan fingerprint density at radius 2 is 1.89 bits per heavy atom. The second kappa shape index (κ2) is 8.14. The summed E-state index contributed by atoms with van der Waals surface area (Å²) < 4.78 is 31.5. The highest BCUT2D eigenvalue weighted by Gasteiger charge is 2.30. The molecule has 1 aromatic heterocycles. The summed E-state index contributed by atoms with van der Waals surface area (Å²) in [5.41, 5.74) is 1.15. The molecule has 0 saturated carbocycles. The minimum Gasteiger partial charge on any atom is -0.472 e. The molecule has 4 rings (SSSR count). The van der Waals surface area contributed by atoms with E-state index < -0.39 is 5.76 Å². The van der Waals surface area contributed by atoms with Crippen molar-refractivity contribution in [3.63, 3.8) is 0 Å². The number of alkyl halides is 2. The maximum Gasteiger partial charge on any atom is 0.288 e. The zero-order chi connectivity index (χ0) is 19.5. The van der Waals surface area contributed by atoms with Gasteiger partial charge in [-0.15, -0.1) is 0 Å². The third-order valence-electron chi connectivity index (χ3n) is 4.63. The maximum absolute atomic E-state index is 12.8. The molecule has 1 atom stereocenters. The lowest BCUT2D eigenvalue weighted by Gasteiger charge is -2.18. The second-order valence-electron chi connectivity index (χ2n) is 6.50. The van der Waals surface area contributed by atoms with Crippen LogP contribution in [0.2, 0.25) is 0 Å². The van der Waals surface area contributed by atoms with Gasteiger partial charge in [-0.1, -0.05) is 42.1 Å². The fourth-order valence-electron chi connectivity index (χ4n) is 3.31. The number of aromatic nitrogens is 1. The van der Waals surface area contributed by atoms with Crippen LogP contribution >= 0.6 is 11.8 Å². The standard InChI is InChI=1S/C21H18F2N2O2S/c22-21(23)28-18-8-4-2-6-16(18)20(26)25-12-11-15(13-25)27-19-10-9-14-5-1-3-7-17(14)24-19/h1-10,15,21H,11-13H2. The summed E-state index contributed by atoms with van der Waals surface area (Å²) in [4.78, 5) is 19.3. The number of para-hydroxylation sites is 1. The number of nitrogens with zero attached hydrogens (tertiary/aromatic N) is 2. The van der Waals surface area contributed by atoms with Crippen molar-refractivity contribution in [3.05, 3.63) is 66.2 Å².